The minimum atomic E-state index is 0.506. The fraction of sp³-hybridized carbons (Fsp3) is 0.151. The van der Waals surface area contributed by atoms with Gasteiger partial charge in [0.05, 0.1) is 0 Å². The molecule has 6 aromatic rings. The molecule has 0 saturated carbocycles. The highest BCUT2D eigenvalue weighted by Gasteiger charge is 2.15. The number of aliphatic imine (C=N–C) groups is 1. The van der Waals surface area contributed by atoms with E-state index in [2.05, 4.69) is 87.1 Å². The Morgan fingerprint density at radius 1 is 0.603 bits per heavy atom. The van der Waals surface area contributed by atoms with Crippen LogP contribution in [0.2, 0.25) is 0 Å². The van der Waals surface area contributed by atoms with E-state index in [1.807, 2.05) is 147 Å². The zero-order valence-electron chi connectivity index (χ0n) is 34.7. The highest BCUT2D eigenvalue weighted by Crippen LogP contribution is 2.38. The van der Waals surface area contributed by atoms with Crippen LogP contribution in [0.1, 0.15) is 57.2 Å². The summed E-state index contributed by atoms with van der Waals surface area (Å²) < 4.78 is 12.2. The van der Waals surface area contributed by atoms with Gasteiger partial charge in [0.1, 0.15) is 11.2 Å². The van der Waals surface area contributed by atoms with Gasteiger partial charge in [-0.05, 0) is 93.4 Å². The van der Waals surface area contributed by atoms with Gasteiger partial charge in [-0.25, -0.2) is 0 Å². The molecule has 5 nitrogen and oxygen atoms in total. The molecule has 0 radical (unpaired) electrons. The van der Waals surface area contributed by atoms with Crippen molar-refractivity contribution in [3.63, 3.8) is 0 Å². The number of aryl methyl sites for hydroxylation is 1. The average Bonchev–Trinajstić information content (AvgIpc) is 3.81. The Balaban J connectivity index is 0.000000228. The quantitative estimate of drug-likeness (QED) is 0.0737. The molecule has 0 aliphatic rings. The third-order valence-corrected chi connectivity index (χ3v) is 8.37. The van der Waals surface area contributed by atoms with Gasteiger partial charge in [0.2, 0.25) is 0 Å². The Morgan fingerprint density at radius 3 is 1.69 bits per heavy atom. The zero-order valence-corrected chi connectivity index (χ0v) is 34.7. The van der Waals surface area contributed by atoms with Crippen molar-refractivity contribution in [2.75, 3.05) is 0 Å². The van der Waals surface area contributed by atoms with Crippen LogP contribution in [-0.4, -0.2) is 6.72 Å². The Labute approximate surface area is 345 Å². The molecule has 0 saturated heterocycles. The predicted molar refractivity (Wildman–Crippen MR) is 256 cm³/mol. The third-order valence-electron chi connectivity index (χ3n) is 8.37. The van der Waals surface area contributed by atoms with Gasteiger partial charge in [0.25, 0.3) is 0 Å². The molecule has 0 amide bonds. The number of hydrogen-bond acceptors (Lipinski definition) is 5. The van der Waals surface area contributed by atoms with Crippen LogP contribution in [0.25, 0.3) is 49.6 Å². The van der Waals surface area contributed by atoms with Crippen LogP contribution >= 0.6 is 0 Å². The van der Waals surface area contributed by atoms with E-state index in [-0.39, 0.29) is 0 Å². The van der Waals surface area contributed by atoms with Gasteiger partial charge < -0.3 is 20.3 Å². The lowest BCUT2D eigenvalue weighted by atomic mass is 10.1. The molecule has 4 N–H and O–H groups in total. The Kier molecular flexibility index (Phi) is 21.3. The molecule has 58 heavy (non-hydrogen) atoms. The second-order valence-electron chi connectivity index (χ2n) is 12.8. The lowest BCUT2D eigenvalue weighted by Crippen LogP contribution is -1.94. The van der Waals surface area contributed by atoms with Crippen LogP contribution in [0.3, 0.4) is 0 Å². The summed E-state index contributed by atoms with van der Waals surface area (Å²) >= 11 is 0. The first-order valence-corrected chi connectivity index (χ1v) is 19.7. The summed E-state index contributed by atoms with van der Waals surface area (Å²) in [5.74, 6) is 0. The van der Waals surface area contributed by atoms with Gasteiger partial charge in [0.15, 0.2) is 11.2 Å². The standard InChI is InChI=1S/C20H15NO2.C15H17N.C13H17N.C5H10/c1-11-2-4-13-15-6-7-16-14-5-3-12(10-21)9-18(14)23-20(16)19(15)22-17(13)8-11;1-2-3-4-5-6-10-13-15(16)14-11-8-7-9-12-14;1-3-4-5-6-7-8-9-10-11-12-13-14-2;1-3-5-4-2/h2-9H,10,21H2,1H3;2-13H,16H2,1H3;4-13H,2-3H2,1H3;3,5H,4H2,1-2H3/b;3-2+,5-4-,10-6-,15-13-;5-4-,7-6+,9-8+,11-10-,13-12-;5-3+. The average molecular weight is 770 g/mol. The Bertz CT molecular complexity index is 2460. The first-order chi connectivity index (χ1) is 28.4. The van der Waals surface area contributed by atoms with E-state index in [0.717, 1.165) is 73.5 Å². The van der Waals surface area contributed by atoms with Crippen LogP contribution in [0.4, 0.5) is 0 Å². The topological polar surface area (TPSA) is 90.7 Å². The summed E-state index contributed by atoms with van der Waals surface area (Å²) in [5, 5.41) is 4.38. The van der Waals surface area contributed by atoms with Crippen molar-refractivity contribution in [2.45, 2.75) is 54.0 Å². The molecular weight excluding hydrogens is 711 g/mol. The van der Waals surface area contributed by atoms with Gasteiger partial charge in [-0.1, -0.05) is 166 Å². The maximum Gasteiger partial charge on any atom is 0.178 e. The fourth-order valence-electron chi connectivity index (χ4n) is 5.48. The molecular formula is C53H59N3O2. The third kappa shape index (κ3) is 15.1. The summed E-state index contributed by atoms with van der Waals surface area (Å²) in [6.07, 6.45) is 39.5. The first kappa shape index (κ1) is 45.7. The zero-order chi connectivity index (χ0) is 41.8. The van der Waals surface area contributed by atoms with Crippen LogP contribution in [0.5, 0.6) is 0 Å². The van der Waals surface area contributed by atoms with Gasteiger partial charge in [-0.15, -0.1) is 0 Å². The van der Waals surface area contributed by atoms with Crippen molar-refractivity contribution >= 4 is 56.3 Å². The maximum absolute atomic E-state index is 6.12. The molecule has 0 fully saturated rings. The molecule has 2 aromatic heterocycles. The van der Waals surface area contributed by atoms with E-state index < -0.39 is 0 Å². The molecule has 0 spiro atoms. The summed E-state index contributed by atoms with van der Waals surface area (Å²) in [5.41, 5.74) is 19.1. The number of benzene rings is 4. The monoisotopic (exact) mass is 769 g/mol. The molecule has 5 heteroatoms. The van der Waals surface area contributed by atoms with E-state index in [9.17, 15) is 0 Å². The van der Waals surface area contributed by atoms with Gasteiger partial charge in [-0.3, -0.25) is 4.99 Å². The molecule has 6 rings (SSSR count). The lowest BCUT2D eigenvalue weighted by Gasteiger charge is -1.98. The summed E-state index contributed by atoms with van der Waals surface area (Å²) in [6.45, 7) is 14.2. The molecule has 0 bridgehead atoms. The van der Waals surface area contributed by atoms with Crippen molar-refractivity contribution in [3.8, 4) is 0 Å². The van der Waals surface area contributed by atoms with Gasteiger partial charge in [-0.2, -0.15) is 0 Å². The minimum absolute atomic E-state index is 0.506. The fourth-order valence-corrected chi connectivity index (χ4v) is 5.48. The summed E-state index contributed by atoms with van der Waals surface area (Å²) in [7, 11) is 0. The molecule has 0 atom stereocenters. The number of hydrogen-bond donors (Lipinski definition) is 2. The molecule has 2 heterocycles. The second kappa shape index (κ2) is 27.0. The van der Waals surface area contributed by atoms with Crippen molar-refractivity contribution < 1.29 is 8.83 Å². The maximum atomic E-state index is 6.12. The normalized spacial score (nSPS) is 12.5. The van der Waals surface area contributed by atoms with Crippen molar-refractivity contribution in [1.82, 2.24) is 0 Å². The molecule has 4 aromatic carbocycles. The Morgan fingerprint density at radius 2 is 1.14 bits per heavy atom. The highest BCUT2D eigenvalue weighted by atomic mass is 16.4. The smallest absolute Gasteiger partial charge is 0.178 e. The van der Waals surface area contributed by atoms with E-state index in [0.29, 0.717) is 6.54 Å². The molecule has 0 unspecified atom stereocenters. The molecule has 0 aliphatic heterocycles. The largest absolute Gasteiger partial charge is 0.452 e. The van der Waals surface area contributed by atoms with Gasteiger partial charge >= 0.3 is 0 Å². The van der Waals surface area contributed by atoms with Crippen molar-refractivity contribution in [2.24, 2.45) is 16.5 Å². The number of allylic oxidation sites excluding steroid dienone is 18. The van der Waals surface area contributed by atoms with Crippen molar-refractivity contribution in [3.05, 3.63) is 211 Å². The van der Waals surface area contributed by atoms with Crippen molar-refractivity contribution in [1.29, 1.82) is 0 Å². The number of furan rings is 2. The van der Waals surface area contributed by atoms with Crippen LogP contribution in [0, 0.1) is 6.92 Å². The number of rotatable bonds is 12. The number of nitrogens with two attached hydrogens (primary N) is 2. The highest BCUT2D eigenvalue weighted by molar-refractivity contribution is 6.18. The SMILES string of the molecule is C/C=C/C=C\C=C/C=C(\N)c1ccccc1.C/C=C/CC.C=N\C=C/C=C\C=C\C=C\C=C/CC.Cc1ccc2c(c1)oc1c2ccc2c3ccc(CN)cc3oc21. The number of fused-ring (bicyclic) bond motifs is 7. The number of nitrogens with zero attached hydrogens (tertiary/aromatic N) is 1. The van der Waals surface area contributed by atoms with Crippen LogP contribution in [0.15, 0.2) is 208 Å². The predicted octanol–water partition coefficient (Wildman–Crippen LogP) is 14.7. The van der Waals surface area contributed by atoms with E-state index in [1.165, 1.54) is 5.56 Å². The van der Waals surface area contributed by atoms with E-state index >= 15 is 0 Å². The van der Waals surface area contributed by atoms with E-state index in [1.54, 1.807) is 6.20 Å². The minimum Gasteiger partial charge on any atom is -0.452 e. The molecule has 298 valence electrons. The van der Waals surface area contributed by atoms with Crippen LogP contribution < -0.4 is 11.5 Å². The van der Waals surface area contributed by atoms with Crippen LogP contribution in [-0.2, 0) is 6.54 Å². The first-order valence-electron chi connectivity index (χ1n) is 19.7. The lowest BCUT2D eigenvalue weighted by molar-refractivity contribution is 0.633. The molecule has 0 aliphatic carbocycles. The second-order valence-corrected chi connectivity index (χ2v) is 12.8. The summed E-state index contributed by atoms with van der Waals surface area (Å²) in [4.78, 5) is 3.57. The summed E-state index contributed by atoms with van der Waals surface area (Å²) in [6, 6.07) is 26.6. The van der Waals surface area contributed by atoms with E-state index in [4.69, 9.17) is 20.3 Å². The van der Waals surface area contributed by atoms with Gasteiger partial charge in [0, 0.05) is 40.0 Å². The Hall–Kier alpha value is -6.69.